The minimum absolute atomic E-state index is 0.147. The molecule has 0 radical (unpaired) electrons. The van der Waals surface area contributed by atoms with Crippen molar-refractivity contribution in [1.82, 2.24) is 0 Å². The van der Waals surface area contributed by atoms with Gasteiger partial charge in [-0.15, -0.1) is 0 Å². The van der Waals surface area contributed by atoms with Gasteiger partial charge >= 0.3 is 5.97 Å². The fraction of sp³-hybridized carbons (Fsp3) is 0.500. The molecule has 0 saturated heterocycles. The monoisotopic (exact) mass is 251 g/mol. The molecule has 4 nitrogen and oxygen atoms in total. The highest BCUT2D eigenvalue weighted by atomic mass is 16.5. The average Bonchev–Trinajstić information content (AvgIpc) is 2.37. The molecule has 0 aliphatic heterocycles. The van der Waals surface area contributed by atoms with E-state index in [9.17, 15) is 4.79 Å². The molecule has 0 aromatic heterocycles. The zero-order valence-electron chi connectivity index (χ0n) is 11.4. The summed E-state index contributed by atoms with van der Waals surface area (Å²) in [6, 6.07) is 5.49. The van der Waals surface area contributed by atoms with Gasteiger partial charge in [-0.25, -0.2) is 0 Å². The first-order valence-electron chi connectivity index (χ1n) is 5.99. The quantitative estimate of drug-likeness (QED) is 0.816. The maximum absolute atomic E-state index is 11.3. The molecule has 0 aliphatic rings. The normalized spacial score (nSPS) is 12.3. The van der Waals surface area contributed by atoms with Gasteiger partial charge < -0.3 is 15.2 Å². The van der Waals surface area contributed by atoms with Crippen molar-refractivity contribution in [3.8, 4) is 5.75 Å². The van der Waals surface area contributed by atoms with Gasteiger partial charge in [0.15, 0.2) is 0 Å². The Morgan fingerprint density at radius 2 is 2.00 bits per heavy atom. The number of rotatable bonds is 5. The maximum Gasteiger partial charge on any atom is 0.307 e. The van der Waals surface area contributed by atoms with Crippen molar-refractivity contribution in [2.24, 2.45) is 5.73 Å². The number of hydrogen-bond donors (Lipinski definition) is 1. The van der Waals surface area contributed by atoms with E-state index in [2.05, 4.69) is 18.6 Å². The molecule has 2 N–H and O–H groups in total. The van der Waals surface area contributed by atoms with Gasteiger partial charge in [0, 0.05) is 11.6 Å². The van der Waals surface area contributed by atoms with Gasteiger partial charge in [-0.2, -0.15) is 0 Å². The van der Waals surface area contributed by atoms with Crippen molar-refractivity contribution in [3.63, 3.8) is 0 Å². The lowest BCUT2D eigenvalue weighted by Gasteiger charge is -2.17. The Labute approximate surface area is 108 Å². The predicted octanol–water partition coefficient (Wildman–Crippen LogP) is 2.38. The molecule has 18 heavy (non-hydrogen) atoms. The van der Waals surface area contributed by atoms with Gasteiger partial charge in [0.1, 0.15) is 5.75 Å². The molecule has 1 atom stereocenters. The van der Waals surface area contributed by atoms with Crippen LogP contribution in [-0.4, -0.2) is 20.2 Å². The van der Waals surface area contributed by atoms with Gasteiger partial charge in [0.25, 0.3) is 0 Å². The fourth-order valence-electron chi connectivity index (χ4n) is 1.77. The van der Waals surface area contributed by atoms with E-state index >= 15 is 0 Å². The molecule has 4 heteroatoms. The minimum Gasteiger partial charge on any atom is -0.496 e. The molecule has 0 unspecified atom stereocenters. The lowest BCUT2D eigenvalue weighted by atomic mass is 9.96. The number of hydrogen-bond acceptors (Lipinski definition) is 4. The van der Waals surface area contributed by atoms with E-state index in [1.807, 2.05) is 18.2 Å². The zero-order chi connectivity index (χ0) is 13.7. The van der Waals surface area contributed by atoms with Gasteiger partial charge in [-0.3, -0.25) is 4.79 Å². The molecule has 0 fully saturated rings. The van der Waals surface area contributed by atoms with Crippen LogP contribution in [0.4, 0.5) is 0 Å². The topological polar surface area (TPSA) is 61.5 Å². The van der Waals surface area contributed by atoms with E-state index in [-0.39, 0.29) is 12.4 Å². The first-order chi connectivity index (χ1) is 8.49. The van der Waals surface area contributed by atoms with E-state index in [0.29, 0.717) is 11.7 Å². The van der Waals surface area contributed by atoms with E-state index in [1.54, 1.807) is 7.11 Å². The summed E-state index contributed by atoms with van der Waals surface area (Å²) in [6.45, 7) is 4.22. The van der Waals surface area contributed by atoms with Crippen LogP contribution in [0.1, 0.15) is 43.4 Å². The number of methoxy groups -OCH3 is 2. The van der Waals surface area contributed by atoms with Crippen LogP contribution in [0.25, 0.3) is 0 Å². The Balaban J connectivity index is 3.03. The third kappa shape index (κ3) is 3.47. The number of benzene rings is 1. The van der Waals surface area contributed by atoms with E-state index < -0.39 is 6.04 Å². The maximum atomic E-state index is 11.3. The van der Waals surface area contributed by atoms with E-state index in [0.717, 1.165) is 5.56 Å². The summed E-state index contributed by atoms with van der Waals surface area (Å²) >= 11 is 0. The Morgan fingerprint density at radius 3 is 2.50 bits per heavy atom. The number of carbonyl (C=O) groups excluding carboxylic acids is 1. The summed E-state index contributed by atoms with van der Waals surface area (Å²) < 4.78 is 9.92. The third-order valence-electron chi connectivity index (χ3n) is 2.93. The van der Waals surface area contributed by atoms with Crippen LogP contribution in [-0.2, 0) is 9.53 Å². The highest BCUT2D eigenvalue weighted by molar-refractivity contribution is 5.70. The molecule has 0 bridgehead atoms. The largest absolute Gasteiger partial charge is 0.496 e. The van der Waals surface area contributed by atoms with Crippen molar-refractivity contribution >= 4 is 5.97 Å². The van der Waals surface area contributed by atoms with E-state index in [1.165, 1.54) is 12.7 Å². The number of nitrogens with two attached hydrogens (primary N) is 1. The summed E-state index contributed by atoms with van der Waals surface area (Å²) in [5.41, 5.74) is 8.05. The number of carbonyl (C=O) groups is 1. The molecule has 0 heterocycles. The SMILES string of the molecule is COC(=O)C[C@@H](N)c1cc(C(C)C)ccc1OC. The number of ether oxygens (including phenoxy) is 2. The van der Waals surface area contributed by atoms with Crippen LogP contribution in [0.3, 0.4) is 0 Å². The summed E-state index contributed by atoms with van der Waals surface area (Å²) in [7, 11) is 2.95. The highest BCUT2D eigenvalue weighted by Crippen LogP contribution is 2.29. The molecular weight excluding hydrogens is 230 g/mol. The second-order valence-electron chi connectivity index (χ2n) is 4.54. The molecule has 0 spiro atoms. The van der Waals surface area contributed by atoms with Crippen LogP contribution in [0.15, 0.2) is 18.2 Å². The third-order valence-corrected chi connectivity index (χ3v) is 2.93. The van der Waals surface area contributed by atoms with Crippen LogP contribution in [0.5, 0.6) is 5.75 Å². The molecular formula is C14H21NO3. The van der Waals surface area contributed by atoms with Gasteiger partial charge in [0.05, 0.1) is 20.6 Å². The van der Waals surface area contributed by atoms with Crippen LogP contribution in [0, 0.1) is 0 Å². The van der Waals surface area contributed by atoms with Crippen molar-refractivity contribution in [1.29, 1.82) is 0 Å². The van der Waals surface area contributed by atoms with Crippen molar-refractivity contribution in [3.05, 3.63) is 29.3 Å². The van der Waals surface area contributed by atoms with Crippen LogP contribution in [0.2, 0.25) is 0 Å². The summed E-state index contributed by atoms with van der Waals surface area (Å²) in [5, 5.41) is 0. The molecule has 1 aromatic carbocycles. The Kier molecular flexibility index (Phi) is 5.16. The first kappa shape index (κ1) is 14.5. The lowest BCUT2D eigenvalue weighted by molar-refractivity contribution is -0.141. The summed E-state index contributed by atoms with van der Waals surface area (Å²) in [5.74, 6) is 0.787. The first-order valence-corrected chi connectivity index (χ1v) is 5.99. The molecule has 100 valence electrons. The van der Waals surface area contributed by atoms with E-state index in [4.69, 9.17) is 10.5 Å². The number of esters is 1. The second-order valence-corrected chi connectivity index (χ2v) is 4.54. The Morgan fingerprint density at radius 1 is 1.33 bits per heavy atom. The lowest BCUT2D eigenvalue weighted by Crippen LogP contribution is -2.17. The van der Waals surface area contributed by atoms with Gasteiger partial charge in [-0.1, -0.05) is 26.0 Å². The predicted molar refractivity (Wildman–Crippen MR) is 70.6 cm³/mol. The Bertz CT molecular complexity index is 416. The average molecular weight is 251 g/mol. The minimum atomic E-state index is -0.411. The molecule has 0 aliphatic carbocycles. The highest BCUT2D eigenvalue weighted by Gasteiger charge is 2.17. The summed E-state index contributed by atoms with van der Waals surface area (Å²) in [4.78, 5) is 11.3. The Hall–Kier alpha value is -1.55. The van der Waals surface area contributed by atoms with Crippen LogP contribution >= 0.6 is 0 Å². The molecule has 1 rings (SSSR count). The standard InChI is InChI=1S/C14H21NO3/c1-9(2)10-5-6-13(17-3)11(7-10)12(15)8-14(16)18-4/h5-7,9,12H,8,15H2,1-4H3/t12-/m1/s1. The van der Waals surface area contributed by atoms with Crippen molar-refractivity contribution < 1.29 is 14.3 Å². The second kappa shape index (κ2) is 6.40. The fourth-order valence-corrected chi connectivity index (χ4v) is 1.77. The van der Waals surface area contributed by atoms with Crippen molar-refractivity contribution in [2.45, 2.75) is 32.2 Å². The summed E-state index contributed by atoms with van der Waals surface area (Å²) in [6.07, 6.45) is 0.147. The molecule has 0 saturated carbocycles. The van der Waals surface area contributed by atoms with Crippen LogP contribution < -0.4 is 10.5 Å². The smallest absolute Gasteiger partial charge is 0.307 e. The van der Waals surface area contributed by atoms with Crippen molar-refractivity contribution in [2.75, 3.05) is 14.2 Å². The molecule has 1 aromatic rings. The van der Waals surface area contributed by atoms with Gasteiger partial charge in [-0.05, 0) is 17.5 Å². The molecule has 0 amide bonds. The van der Waals surface area contributed by atoms with Gasteiger partial charge in [0.2, 0.25) is 0 Å². The zero-order valence-corrected chi connectivity index (χ0v) is 11.4.